The highest BCUT2D eigenvalue weighted by atomic mass is 32.1. The van der Waals surface area contributed by atoms with Crippen LogP contribution >= 0.6 is 11.3 Å². The number of carboxylic acid groups (broad SMARTS) is 1. The molecular weight excluding hydrogens is 212 g/mol. The number of ether oxygens (including phenoxy) is 1. The SMILES string of the molecule is C=COCC/C(=C/c1cccs1)C(=O)O. The van der Waals surface area contributed by atoms with Crippen molar-refractivity contribution in [2.75, 3.05) is 6.61 Å². The van der Waals surface area contributed by atoms with Gasteiger partial charge in [0.15, 0.2) is 0 Å². The van der Waals surface area contributed by atoms with Crippen LogP contribution < -0.4 is 0 Å². The lowest BCUT2D eigenvalue weighted by molar-refractivity contribution is -0.132. The Kier molecular flexibility index (Phi) is 4.63. The normalized spacial score (nSPS) is 11.1. The molecule has 15 heavy (non-hydrogen) atoms. The molecule has 0 aliphatic rings. The molecule has 1 aromatic heterocycles. The van der Waals surface area contributed by atoms with Crippen molar-refractivity contribution in [1.29, 1.82) is 0 Å². The Morgan fingerprint density at radius 1 is 1.67 bits per heavy atom. The fourth-order valence-electron chi connectivity index (χ4n) is 1.04. The number of thiophene rings is 1. The predicted octanol–water partition coefficient (Wildman–Crippen LogP) is 2.77. The number of carboxylic acids is 1. The van der Waals surface area contributed by atoms with Crippen LogP contribution in [0.2, 0.25) is 0 Å². The van der Waals surface area contributed by atoms with E-state index in [9.17, 15) is 4.79 Å². The number of rotatable bonds is 6. The van der Waals surface area contributed by atoms with Crippen LogP contribution in [0.3, 0.4) is 0 Å². The smallest absolute Gasteiger partial charge is 0.331 e. The van der Waals surface area contributed by atoms with Crippen molar-refractivity contribution in [3.05, 3.63) is 40.8 Å². The van der Waals surface area contributed by atoms with Gasteiger partial charge in [0, 0.05) is 16.9 Å². The van der Waals surface area contributed by atoms with E-state index in [1.54, 1.807) is 6.08 Å². The van der Waals surface area contributed by atoms with Gasteiger partial charge < -0.3 is 9.84 Å². The van der Waals surface area contributed by atoms with E-state index in [-0.39, 0.29) is 0 Å². The van der Waals surface area contributed by atoms with Crippen molar-refractivity contribution < 1.29 is 14.6 Å². The number of aliphatic carboxylic acids is 1. The molecule has 80 valence electrons. The second-order valence-corrected chi connectivity index (χ2v) is 3.76. The van der Waals surface area contributed by atoms with E-state index in [2.05, 4.69) is 6.58 Å². The number of hydrogen-bond donors (Lipinski definition) is 1. The van der Waals surface area contributed by atoms with Gasteiger partial charge in [0.05, 0.1) is 12.9 Å². The monoisotopic (exact) mass is 224 g/mol. The van der Waals surface area contributed by atoms with Crippen molar-refractivity contribution in [2.45, 2.75) is 6.42 Å². The first-order valence-corrected chi connectivity index (χ1v) is 5.32. The standard InChI is InChI=1S/C11H12O3S/c1-2-14-6-5-9(11(12)13)8-10-4-3-7-15-10/h2-4,7-8H,1,5-6H2,(H,12,13)/b9-8-. The van der Waals surface area contributed by atoms with E-state index in [4.69, 9.17) is 9.84 Å². The molecule has 0 fully saturated rings. The Morgan fingerprint density at radius 3 is 3.00 bits per heavy atom. The Labute approximate surface area is 92.3 Å². The van der Waals surface area contributed by atoms with Crippen molar-refractivity contribution in [3.63, 3.8) is 0 Å². The van der Waals surface area contributed by atoms with Crippen LogP contribution in [0, 0.1) is 0 Å². The van der Waals surface area contributed by atoms with Crippen LogP contribution in [-0.2, 0) is 9.53 Å². The fourth-order valence-corrected chi connectivity index (χ4v) is 1.72. The van der Waals surface area contributed by atoms with Gasteiger partial charge in [-0.2, -0.15) is 0 Å². The van der Waals surface area contributed by atoms with E-state index in [0.717, 1.165) is 4.88 Å². The van der Waals surface area contributed by atoms with Crippen LogP contribution in [0.25, 0.3) is 6.08 Å². The summed E-state index contributed by atoms with van der Waals surface area (Å²) in [6, 6.07) is 3.76. The summed E-state index contributed by atoms with van der Waals surface area (Å²) < 4.78 is 4.90. The van der Waals surface area contributed by atoms with Gasteiger partial charge in [0.2, 0.25) is 0 Å². The van der Waals surface area contributed by atoms with Gasteiger partial charge in [0.1, 0.15) is 0 Å². The minimum Gasteiger partial charge on any atom is -0.501 e. The molecule has 0 atom stereocenters. The minimum atomic E-state index is -0.906. The maximum absolute atomic E-state index is 10.9. The topological polar surface area (TPSA) is 46.5 Å². The van der Waals surface area contributed by atoms with Gasteiger partial charge in [0.25, 0.3) is 0 Å². The van der Waals surface area contributed by atoms with Gasteiger partial charge in [-0.15, -0.1) is 11.3 Å². The van der Waals surface area contributed by atoms with E-state index in [0.29, 0.717) is 18.6 Å². The Bertz CT molecular complexity index is 352. The summed E-state index contributed by atoms with van der Waals surface area (Å²) >= 11 is 1.51. The first kappa shape index (κ1) is 11.5. The summed E-state index contributed by atoms with van der Waals surface area (Å²) in [4.78, 5) is 11.8. The van der Waals surface area contributed by atoms with E-state index >= 15 is 0 Å². The third-order valence-electron chi connectivity index (χ3n) is 1.74. The number of carbonyl (C=O) groups is 1. The summed E-state index contributed by atoms with van der Waals surface area (Å²) in [7, 11) is 0. The minimum absolute atomic E-state index is 0.340. The van der Waals surface area contributed by atoms with Crippen LogP contribution in [0.5, 0.6) is 0 Å². The highest BCUT2D eigenvalue weighted by molar-refractivity contribution is 7.10. The molecule has 0 aliphatic heterocycles. The molecule has 0 aliphatic carbocycles. The molecule has 0 amide bonds. The summed E-state index contributed by atoms with van der Waals surface area (Å²) in [5.41, 5.74) is 0.347. The Balaban J connectivity index is 2.65. The average molecular weight is 224 g/mol. The molecule has 0 unspecified atom stereocenters. The maximum atomic E-state index is 10.9. The first-order valence-electron chi connectivity index (χ1n) is 4.44. The molecule has 0 bridgehead atoms. The molecule has 4 heteroatoms. The lowest BCUT2D eigenvalue weighted by Gasteiger charge is -2.01. The molecule has 0 saturated carbocycles. The molecule has 0 spiro atoms. The molecule has 1 aromatic rings. The van der Waals surface area contributed by atoms with Crippen LogP contribution in [0.15, 0.2) is 35.9 Å². The predicted molar refractivity (Wildman–Crippen MR) is 60.7 cm³/mol. The summed E-state index contributed by atoms with van der Waals surface area (Å²) in [6.07, 6.45) is 3.35. The highest BCUT2D eigenvalue weighted by Gasteiger charge is 2.07. The highest BCUT2D eigenvalue weighted by Crippen LogP contribution is 2.15. The lowest BCUT2D eigenvalue weighted by atomic mass is 10.2. The molecule has 1 heterocycles. The first-order chi connectivity index (χ1) is 7.24. The third-order valence-corrected chi connectivity index (χ3v) is 2.56. The van der Waals surface area contributed by atoms with Gasteiger partial charge in [-0.1, -0.05) is 12.6 Å². The second kappa shape index (κ2) is 6.03. The molecule has 0 radical (unpaired) electrons. The largest absolute Gasteiger partial charge is 0.501 e. The molecular formula is C11H12O3S. The molecule has 1 N–H and O–H groups in total. The molecule has 0 saturated heterocycles. The van der Waals surface area contributed by atoms with Gasteiger partial charge in [-0.05, 0) is 17.5 Å². The molecule has 3 nitrogen and oxygen atoms in total. The lowest BCUT2D eigenvalue weighted by Crippen LogP contribution is -2.03. The average Bonchev–Trinajstić information content (AvgIpc) is 2.69. The molecule has 1 rings (SSSR count). The Hall–Kier alpha value is -1.55. The van der Waals surface area contributed by atoms with Crippen LogP contribution in [-0.4, -0.2) is 17.7 Å². The molecule has 0 aromatic carbocycles. The fraction of sp³-hybridized carbons (Fsp3) is 0.182. The second-order valence-electron chi connectivity index (χ2n) is 2.78. The quantitative estimate of drug-likeness (QED) is 0.459. The van der Waals surface area contributed by atoms with E-state index in [1.807, 2.05) is 17.5 Å². The van der Waals surface area contributed by atoms with Crippen molar-refractivity contribution in [3.8, 4) is 0 Å². The number of hydrogen-bond acceptors (Lipinski definition) is 3. The van der Waals surface area contributed by atoms with Gasteiger partial charge in [-0.25, -0.2) is 4.79 Å². The summed E-state index contributed by atoms with van der Waals surface area (Å²) in [5.74, 6) is -0.906. The third kappa shape index (κ3) is 3.99. The van der Waals surface area contributed by atoms with Crippen LogP contribution in [0.4, 0.5) is 0 Å². The van der Waals surface area contributed by atoms with Gasteiger partial charge >= 0.3 is 5.97 Å². The van der Waals surface area contributed by atoms with Gasteiger partial charge in [-0.3, -0.25) is 0 Å². The van der Waals surface area contributed by atoms with Crippen molar-refractivity contribution in [1.82, 2.24) is 0 Å². The van der Waals surface area contributed by atoms with Crippen molar-refractivity contribution >= 4 is 23.4 Å². The van der Waals surface area contributed by atoms with E-state index < -0.39 is 5.97 Å². The zero-order chi connectivity index (χ0) is 11.1. The zero-order valence-corrected chi connectivity index (χ0v) is 9.00. The van der Waals surface area contributed by atoms with Crippen LogP contribution in [0.1, 0.15) is 11.3 Å². The van der Waals surface area contributed by atoms with E-state index in [1.165, 1.54) is 17.6 Å². The zero-order valence-electron chi connectivity index (χ0n) is 8.18. The van der Waals surface area contributed by atoms with Crippen molar-refractivity contribution in [2.24, 2.45) is 0 Å². The summed E-state index contributed by atoms with van der Waals surface area (Å²) in [5, 5.41) is 10.8. The maximum Gasteiger partial charge on any atom is 0.331 e. The summed E-state index contributed by atoms with van der Waals surface area (Å²) in [6.45, 7) is 3.73. The Morgan fingerprint density at radius 2 is 2.47 bits per heavy atom.